The number of hydrogen-bond acceptors (Lipinski definition) is 8. The van der Waals surface area contributed by atoms with Crippen LogP contribution in [0.1, 0.15) is 36.0 Å². The molecule has 2 atom stereocenters. The van der Waals surface area contributed by atoms with Gasteiger partial charge >= 0.3 is 0 Å². The van der Waals surface area contributed by atoms with Crippen LogP contribution in [0.3, 0.4) is 0 Å². The van der Waals surface area contributed by atoms with Gasteiger partial charge in [-0.15, -0.1) is 11.3 Å². The van der Waals surface area contributed by atoms with Gasteiger partial charge in [0.2, 0.25) is 5.95 Å². The molecule has 150 valence electrons. The summed E-state index contributed by atoms with van der Waals surface area (Å²) >= 11 is 1.56. The van der Waals surface area contributed by atoms with Crippen molar-refractivity contribution >= 4 is 34.7 Å². The summed E-state index contributed by atoms with van der Waals surface area (Å²) in [6.45, 7) is 0. The maximum Gasteiger partial charge on any atom is 0.254 e. The summed E-state index contributed by atoms with van der Waals surface area (Å²) in [4.78, 5) is 25.8. The molecule has 0 aliphatic heterocycles. The Labute approximate surface area is 172 Å². The number of amides is 1. The Morgan fingerprint density at radius 3 is 2.83 bits per heavy atom. The van der Waals surface area contributed by atoms with E-state index in [4.69, 9.17) is 11.5 Å². The van der Waals surface area contributed by atoms with Crippen LogP contribution in [0.25, 0.3) is 10.4 Å². The van der Waals surface area contributed by atoms with Crippen molar-refractivity contribution in [1.82, 2.24) is 15.0 Å². The van der Waals surface area contributed by atoms with Gasteiger partial charge in [0.25, 0.3) is 5.91 Å². The summed E-state index contributed by atoms with van der Waals surface area (Å²) in [6, 6.07) is 8.00. The first kappa shape index (κ1) is 19.3. The monoisotopic (exact) mass is 409 g/mol. The summed E-state index contributed by atoms with van der Waals surface area (Å²) in [6.07, 6.45) is 7.48. The van der Waals surface area contributed by atoms with Crippen LogP contribution in [0.5, 0.6) is 0 Å². The molecule has 1 amide bonds. The number of nitrogens with one attached hydrogen (secondary N) is 2. The predicted molar refractivity (Wildman–Crippen MR) is 115 cm³/mol. The third kappa shape index (κ3) is 4.52. The molecule has 3 aromatic rings. The zero-order valence-electron chi connectivity index (χ0n) is 15.8. The van der Waals surface area contributed by atoms with Crippen molar-refractivity contribution in [3.8, 4) is 10.4 Å². The molecule has 1 aliphatic rings. The predicted octanol–water partition coefficient (Wildman–Crippen LogP) is 3.12. The van der Waals surface area contributed by atoms with Crippen molar-refractivity contribution in [1.29, 1.82) is 0 Å². The third-order valence-corrected chi connectivity index (χ3v) is 5.85. The number of thiazole rings is 1. The Morgan fingerprint density at radius 1 is 1.21 bits per heavy atom. The maximum absolute atomic E-state index is 11.9. The van der Waals surface area contributed by atoms with Gasteiger partial charge in [0.15, 0.2) is 0 Å². The number of hydrogen-bond donors (Lipinski definition) is 4. The fourth-order valence-electron chi connectivity index (χ4n) is 3.48. The van der Waals surface area contributed by atoms with Gasteiger partial charge in [0.1, 0.15) is 11.4 Å². The van der Waals surface area contributed by atoms with Gasteiger partial charge in [-0.1, -0.05) is 25.0 Å². The van der Waals surface area contributed by atoms with E-state index in [1.54, 1.807) is 16.8 Å². The number of nitrogens with zero attached hydrogens (tertiary/aromatic N) is 3. The van der Waals surface area contributed by atoms with E-state index in [1.807, 2.05) is 30.5 Å². The van der Waals surface area contributed by atoms with E-state index < -0.39 is 5.91 Å². The first-order valence-corrected chi connectivity index (χ1v) is 10.4. The SMILES string of the molecule is NC(=O)c1cnc(N[C@@H]2CCCC[C@@H]2N)nc1Nc1cccc(-c2cncs2)c1. The number of benzene rings is 1. The molecule has 2 heterocycles. The Hall–Kier alpha value is -3.04. The molecule has 0 unspecified atom stereocenters. The second kappa shape index (κ2) is 8.54. The van der Waals surface area contributed by atoms with Gasteiger partial charge in [-0.2, -0.15) is 4.98 Å². The van der Waals surface area contributed by atoms with E-state index in [-0.39, 0.29) is 17.6 Å². The van der Waals surface area contributed by atoms with Crippen molar-refractivity contribution in [2.24, 2.45) is 11.5 Å². The highest BCUT2D eigenvalue weighted by atomic mass is 32.1. The standard InChI is InChI=1S/C20H23N7OS/c21-15-6-1-2-7-16(15)26-20-24-9-14(18(22)28)19(27-20)25-13-5-3-4-12(8-13)17-10-23-11-29-17/h3-5,8-11,15-16H,1-2,6-7,21H2,(H2,22,28)(H2,24,25,26,27)/t15-,16+/m0/s1. The number of rotatable bonds is 6. The molecule has 0 bridgehead atoms. The van der Waals surface area contributed by atoms with Gasteiger partial charge in [-0.3, -0.25) is 9.78 Å². The van der Waals surface area contributed by atoms with Crippen LogP contribution in [-0.4, -0.2) is 32.9 Å². The lowest BCUT2D eigenvalue weighted by Gasteiger charge is -2.29. The van der Waals surface area contributed by atoms with Crippen molar-refractivity contribution in [3.05, 3.63) is 47.7 Å². The van der Waals surface area contributed by atoms with Crippen LogP contribution in [0.2, 0.25) is 0 Å². The third-order valence-electron chi connectivity index (χ3n) is 5.03. The second-order valence-electron chi connectivity index (χ2n) is 7.09. The van der Waals surface area contributed by atoms with Crippen LogP contribution in [0, 0.1) is 0 Å². The van der Waals surface area contributed by atoms with Crippen molar-refractivity contribution in [3.63, 3.8) is 0 Å². The fourth-order valence-corrected chi connectivity index (χ4v) is 4.10. The van der Waals surface area contributed by atoms with Crippen molar-refractivity contribution in [2.75, 3.05) is 10.6 Å². The lowest BCUT2D eigenvalue weighted by molar-refractivity contribution is 0.100. The fraction of sp³-hybridized carbons (Fsp3) is 0.300. The number of nitrogens with two attached hydrogens (primary N) is 2. The quantitative estimate of drug-likeness (QED) is 0.492. The molecular formula is C20H23N7OS. The van der Waals surface area contributed by atoms with Crippen LogP contribution in [0.4, 0.5) is 17.5 Å². The Kier molecular flexibility index (Phi) is 5.68. The largest absolute Gasteiger partial charge is 0.365 e. The zero-order chi connectivity index (χ0) is 20.2. The molecule has 1 fully saturated rings. The number of carbonyl (C=O) groups excluding carboxylic acids is 1. The minimum absolute atomic E-state index is 0.0654. The molecule has 0 saturated heterocycles. The molecular weight excluding hydrogens is 386 g/mol. The summed E-state index contributed by atoms with van der Waals surface area (Å²) in [5.41, 5.74) is 15.6. The molecule has 29 heavy (non-hydrogen) atoms. The smallest absolute Gasteiger partial charge is 0.254 e. The van der Waals surface area contributed by atoms with E-state index in [9.17, 15) is 4.79 Å². The number of aromatic nitrogens is 3. The lowest BCUT2D eigenvalue weighted by atomic mass is 9.91. The van der Waals surface area contributed by atoms with Crippen molar-refractivity contribution < 1.29 is 4.79 Å². The molecule has 2 aromatic heterocycles. The molecule has 4 rings (SSSR count). The molecule has 8 nitrogen and oxygen atoms in total. The Morgan fingerprint density at radius 2 is 2.07 bits per heavy atom. The molecule has 0 spiro atoms. The number of anilines is 3. The lowest BCUT2D eigenvalue weighted by Crippen LogP contribution is -2.43. The highest BCUT2D eigenvalue weighted by molar-refractivity contribution is 7.13. The first-order chi connectivity index (χ1) is 14.1. The summed E-state index contributed by atoms with van der Waals surface area (Å²) in [7, 11) is 0. The summed E-state index contributed by atoms with van der Waals surface area (Å²) in [5, 5.41) is 6.52. The van der Waals surface area contributed by atoms with E-state index >= 15 is 0 Å². The van der Waals surface area contributed by atoms with Crippen molar-refractivity contribution in [2.45, 2.75) is 37.8 Å². The molecule has 0 radical (unpaired) electrons. The summed E-state index contributed by atoms with van der Waals surface area (Å²) in [5.74, 6) is 0.200. The van der Waals surface area contributed by atoms with Crippen LogP contribution in [-0.2, 0) is 0 Å². The maximum atomic E-state index is 11.9. The van der Waals surface area contributed by atoms with Gasteiger partial charge in [-0.25, -0.2) is 4.98 Å². The average Bonchev–Trinajstić information content (AvgIpc) is 3.25. The van der Waals surface area contributed by atoms with E-state index in [2.05, 4.69) is 25.6 Å². The molecule has 1 aliphatic carbocycles. The molecule has 1 saturated carbocycles. The van der Waals surface area contributed by atoms with Crippen LogP contribution >= 0.6 is 11.3 Å². The highest BCUT2D eigenvalue weighted by Gasteiger charge is 2.23. The van der Waals surface area contributed by atoms with E-state index in [0.717, 1.165) is 41.8 Å². The molecule has 1 aromatic carbocycles. The highest BCUT2D eigenvalue weighted by Crippen LogP contribution is 2.28. The van der Waals surface area contributed by atoms with Gasteiger partial charge in [0, 0.05) is 30.2 Å². The topological polar surface area (TPSA) is 132 Å². The summed E-state index contributed by atoms with van der Waals surface area (Å²) < 4.78 is 0. The first-order valence-electron chi connectivity index (χ1n) is 9.55. The van der Waals surface area contributed by atoms with E-state index in [0.29, 0.717) is 11.8 Å². The Balaban J connectivity index is 1.60. The minimum Gasteiger partial charge on any atom is -0.365 e. The minimum atomic E-state index is -0.591. The van der Waals surface area contributed by atoms with Gasteiger partial charge in [-0.05, 0) is 30.5 Å². The average molecular weight is 410 g/mol. The second-order valence-corrected chi connectivity index (χ2v) is 7.98. The zero-order valence-corrected chi connectivity index (χ0v) is 16.7. The number of primary amides is 1. The van der Waals surface area contributed by atoms with E-state index in [1.165, 1.54) is 6.20 Å². The number of carbonyl (C=O) groups is 1. The van der Waals surface area contributed by atoms with Crippen LogP contribution < -0.4 is 22.1 Å². The Bertz CT molecular complexity index is 992. The van der Waals surface area contributed by atoms with Gasteiger partial charge in [0.05, 0.1) is 10.4 Å². The van der Waals surface area contributed by atoms with Gasteiger partial charge < -0.3 is 22.1 Å². The van der Waals surface area contributed by atoms with Crippen LogP contribution in [0.15, 0.2) is 42.2 Å². The molecule has 9 heteroatoms. The normalized spacial score (nSPS) is 18.9. The molecule has 6 N–H and O–H groups in total.